The van der Waals surface area contributed by atoms with Crippen LogP contribution in [-0.2, 0) is 53.1 Å². The fourth-order valence-corrected chi connectivity index (χ4v) is 8.69. The largest absolute Gasteiger partial charge is 0.445 e. The lowest BCUT2D eigenvalue weighted by Crippen LogP contribution is -2.50. The summed E-state index contributed by atoms with van der Waals surface area (Å²) in [5, 5.41) is 13.4. The summed E-state index contributed by atoms with van der Waals surface area (Å²) in [7, 11) is 0. The van der Waals surface area contributed by atoms with Crippen molar-refractivity contribution in [3.8, 4) is 0 Å². The highest BCUT2D eigenvalue weighted by atomic mass is 16.6. The molecule has 0 fully saturated rings. The molecule has 0 unspecified atom stereocenters. The molecule has 4 heterocycles. The van der Waals surface area contributed by atoms with Gasteiger partial charge in [-0.15, -0.1) is 0 Å². The first-order valence-corrected chi connectivity index (χ1v) is 25.9. The number of anilines is 2. The van der Waals surface area contributed by atoms with Crippen molar-refractivity contribution in [3.63, 3.8) is 0 Å². The zero-order valence-corrected chi connectivity index (χ0v) is 43.9. The van der Waals surface area contributed by atoms with Gasteiger partial charge in [-0.2, -0.15) is 0 Å². The molecule has 0 bridgehead atoms. The summed E-state index contributed by atoms with van der Waals surface area (Å²) in [6.07, 6.45) is 10.7. The van der Waals surface area contributed by atoms with E-state index in [1.54, 1.807) is 74.7 Å². The Morgan fingerprint density at radius 3 is 2.31 bits per heavy atom. The minimum atomic E-state index is -1.01. The molecule has 3 aromatic rings. The highest BCUT2D eigenvalue weighted by Gasteiger charge is 2.28. The fourth-order valence-electron chi connectivity index (χ4n) is 8.69. The van der Waals surface area contributed by atoms with Gasteiger partial charge in [0.1, 0.15) is 24.2 Å². The van der Waals surface area contributed by atoms with Crippen LogP contribution in [0.2, 0.25) is 0 Å². The van der Waals surface area contributed by atoms with Crippen LogP contribution in [-0.4, -0.2) is 118 Å². The fraction of sp³-hybridized carbons (Fsp3) is 0.400. The van der Waals surface area contributed by atoms with E-state index in [-0.39, 0.29) is 86.6 Å². The van der Waals surface area contributed by atoms with Crippen molar-refractivity contribution in [1.82, 2.24) is 35.6 Å². The normalized spacial score (nSPS) is 14.3. The van der Waals surface area contributed by atoms with E-state index in [0.717, 1.165) is 29.0 Å². The van der Waals surface area contributed by atoms with E-state index in [2.05, 4.69) is 36.6 Å². The maximum absolute atomic E-state index is 13.6. The number of aliphatic imine (C=N–C) groups is 1. The molecule has 22 heteroatoms. The third-order valence-corrected chi connectivity index (χ3v) is 12.7. The summed E-state index contributed by atoms with van der Waals surface area (Å²) in [4.78, 5) is 129. The molecule has 0 aliphatic carbocycles. The number of urea groups is 1. The molecule has 408 valence electrons. The number of rotatable bonds is 24. The quantitative estimate of drug-likeness (QED) is 0.0351. The third kappa shape index (κ3) is 16.7. The van der Waals surface area contributed by atoms with Crippen molar-refractivity contribution in [2.75, 3.05) is 43.4 Å². The van der Waals surface area contributed by atoms with E-state index in [4.69, 9.17) is 16.2 Å². The minimum absolute atomic E-state index is 0.0731. The standard InChI is InChI=1S/C55H68N12O10/c1-5-23-65(24-6-2)53(74)38-27-36-15-16-37(29-44(36)62-45(56)30-38)50(71)61-41-28-39-32-66(26-21-42(39)59-31-41)55(76)77-33-35-13-17-40(18-14-35)60-51(72)43(11-10-22-58-54(57)75)63-52(73)49(34(3)4)64-46(68)12-8-7-9-25-67-47(69)19-20-48(67)70/h11,13-20,27-29,31,34,49H,5-10,12,21-26,30,32-33H2,1-4H3,(H2,56,62)(H,60,72)(H,61,71)(H,63,73)(H,64,68)(H3,57,58,75)/b43-11-/t49-/m0/s1. The number of fused-ring (bicyclic) bond motifs is 2. The number of nitrogens with one attached hydrogen (secondary N) is 5. The number of nitrogens with two attached hydrogens (primary N) is 2. The smallest absolute Gasteiger partial charge is 0.410 e. The Hall–Kier alpha value is -8.69. The number of imide groups is 1. The van der Waals surface area contributed by atoms with Gasteiger partial charge < -0.3 is 52.6 Å². The first kappa shape index (κ1) is 57.6. The molecule has 77 heavy (non-hydrogen) atoms. The average Bonchev–Trinajstić information content (AvgIpc) is 3.61. The molecule has 0 radical (unpaired) electrons. The summed E-state index contributed by atoms with van der Waals surface area (Å²) in [6, 6.07) is 11.6. The zero-order chi connectivity index (χ0) is 55.6. The molecule has 3 aliphatic rings. The summed E-state index contributed by atoms with van der Waals surface area (Å²) in [6.45, 7) is 9.59. The second kappa shape index (κ2) is 27.7. The van der Waals surface area contributed by atoms with E-state index in [9.17, 15) is 43.2 Å². The lowest BCUT2D eigenvalue weighted by Gasteiger charge is -2.28. The Kier molecular flexibility index (Phi) is 20.7. The number of carbonyl (C=O) groups excluding carboxylic acids is 9. The number of amides is 10. The van der Waals surface area contributed by atoms with Gasteiger partial charge in [-0.1, -0.05) is 58.4 Å². The van der Waals surface area contributed by atoms with Crippen LogP contribution in [0.5, 0.6) is 0 Å². The number of ether oxygens (including phenoxy) is 1. The van der Waals surface area contributed by atoms with Crippen molar-refractivity contribution >= 4 is 82.4 Å². The van der Waals surface area contributed by atoms with Gasteiger partial charge in [-0.25, -0.2) is 14.6 Å². The van der Waals surface area contributed by atoms with Gasteiger partial charge in [-0.05, 0) is 85.6 Å². The van der Waals surface area contributed by atoms with Crippen molar-refractivity contribution in [2.24, 2.45) is 22.4 Å². The molecule has 0 saturated carbocycles. The van der Waals surface area contributed by atoms with Gasteiger partial charge in [0, 0.05) is 92.2 Å². The van der Waals surface area contributed by atoms with E-state index in [0.29, 0.717) is 84.6 Å². The number of pyridine rings is 1. The van der Waals surface area contributed by atoms with Crippen LogP contribution >= 0.6 is 0 Å². The van der Waals surface area contributed by atoms with Crippen molar-refractivity contribution in [1.29, 1.82) is 0 Å². The molecule has 1 atom stereocenters. The molecule has 2 aromatic carbocycles. The second-order valence-electron chi connectivity index (χ2n) is 19.1. The predicted octanol–water partition coefficient (Wildman–Crippen LogP) is 5.08. The lowest BCUT2D eigenvalue weighted by atomic mass is 10.0. The SMILES string of the molecule is CCCN(CCC)C(=O)C1=Cc2ccc(C(=O)Nc3cnc4c(c3)CN(C(=O)OCc3ccc(NC(=O)/C(=C/CCNC(N)=O)NC(=O)[C@@H](NC(=O)CCCCCN5C(=O)C=CC5=O)C(C)C)cc3)CC4)cc2N=C(N)C1. The molecule has 0 saturated heterocycles. The monoisotopic (exact) mass is 1060 g/mol. The summed E-state index contributed by atoms with van der Waals surface area (Å²) in [5.74, 6) is -3.03. The first-order valence-electron chi connectivity index (χ1n) is 25.9. The minimum Gasteiger partial charge on any atom is -0.445 e. The first-order chi connectivity index (χ1) is 36.9. The van der Waals surface area contributed by atoms with Crippen LogP contribution in [0.25, 0.3) is 6.08 Å². The molecule has 6 rings (SSSR count). The molecule has 1 aromatic heterocycles. The molecule has 9 N–H and O–H groups in total. The van der Waals surface area contributed by atoms with E-state index in [1.807, 2.05) is 18.7 Å². The third-order valence-electron chi connectivity index (χ3n) is 12.7. The van der Waals surface area contributed by atoms with E-state index >= 15 is 0 Å². The maximum Gasteiger partial charge on any atom is 0.410 e. The molecular weight excluding hydrogens is 989 g/mol. The zero-order valence-electron chi connectivity index (χ0n) is 43.9. The van der Waals surface area contributed by atoms with Crippen LogP contribution in [0.4, 0.5) is 26.7 Å². The number of unbranched alkanes of at least 4 members (excludes halogenated alkanes) is 2. The Balaban J connectivity index is 0.996. The number of benzene rings is 2. The lowest BCUT2D eigenvalue weighted by molar-refractivity contribution is -0.137. The number of aromatic nitrogens is 1. The van der Waals surface area contributed by atoms with Crippen molar-refractivity contribution < 1.29 is 47.9 Å². The van der Waals surface area contributed by atoms with Gasteiger partial charge in [0.15, 0.2) is 0 Å². The van der Waals surface area contributed by atoms with Crippen LogP contribution in [0.3, 0.4) is 0 Å². The average molecular weight is 1060 g/mol. The second-order valence-corrected chi connectivity index (χ2v) is 19.1. The highest BCUT2D eigenvalue weighted by Crippen LogP contribution is 2.30. The number of primary amides is 1. The summed E-state index contributed by atoms with van der Waals surface area (Å²) in [5.41, 5.74) is 16.3. The van der Waals surface area contributed by atoms with Crippen LogP contribution in [0, 0.1) is 5.92 Å². The van der Waals surface area contributed by atoms with Gasteiger partial charge >= 0.3 is 12.1 Å². The number of hydrogen-bond acceptors (Lipinski definition) is 13. The highest BCUT2D eigenvalue weighted by molar-refractivity contribution is 6.13. The van der Waals surface area contributed by atoms with Crippen LogP contribution in [0.15, 0.2) is 89.2 Å². The van der Waals surface area contributed by atoms with Gasteiger partial charge in [0.2, 0.25) is 17.7 Å². The van der Waals surface area contributed by atoms with Gasteiger partial charge in [0.05, 0.1) is 24.1 Å². The van der Waals surface area contributed by atoms with Gasteiger partial charge in [0.25, 0.3) is 23.6 Å². The van der Waals surface area contributed by atoms with Crippen LogP contribution in [0.1, 0.15) is 112 Å². The Morgan fingerprint density at radius 2 is 1.62 bits per heavy atom. The topological polar surface area (TPSA) is 310 Å². The van der Waals surface area contributed by atoms with Crippen molar-refractivity contribution in [2.45, 2.75) is 105 Å². The number of nitrogens with zero attached hydrogens (tertiary/aromatic N) is 5. The van der Waals surface area contributed by atoms with Gasteiger partial charge in [-0.3, -0.25) is 43.4 Å². The van der Waals surface area contributed by atoms with Crippen molar-refractivity contribution in [3.05, 3.63) is 112 Å². The number of hydrogen-bond donors (Lipinski definition) is 7. The Labute approximate surface area is 447 Å². The number of carbonyl (C=O) groups is 9. The molecule has 22 nitrogen and oxygen atoms in total. The summed E-state index contributed by atoms with van der Waals surface area (Å²) < 4.78 is 5.67. The maximum atomic E-state index is 13.6. The predicted molar refractivity (Wildman–Crippen MR) is 289 cm³/mol. The molecule has 3 aliphatic heterocycles. The Bertz CT molecular complexity index is 2830. The van der Waals surface area contributed by atoms with E-state index in [1.165, 1.54) is 23.1 Å². The summed E-state index contributed by atoms with van der Waals surface area (Å²) >= 11 is 0. The van der Waals surface area contributed by atoms with Crippen LogP contribution < -0.4 is 38.1 Å². The number of amidine groups is 1. The molecular formula is C55H68N12O10. The molecule has 10 amide bonds. The molecule has 0 spiro atoms. The Morgan fingerprint density at radius 1 is 0.896 bits per heavy atom. The van der Waals surface area contributed by atoms with E-state index < -0.39 is 35.9 Å².